The maximum atomic E-state index is 13.9. The molecule has 20 heavy (non-hydrogen) atoms. The van der Waals surface area contributed by atoms with Crippen LogP contribution in [0.4, 0.5) is 4.39 Å². The van der Waals surface area contributed by atoms with Gasteiger partial charge in [-0.15, -0.1) is 0 Å². The van der Waals surface area contributed by atoms with E-state index in [9.17, 15) is 19.5 Å². The van der Waals surface area contributed by atoms with Crippen molar-refractivity contribution in [1.29, 1.82) is 0 Å². The minimum Gasteiger partial charge on any atom is -0.494 e. The predicted octanol–water partition coefficient (Wildman–Crippen LogP) is 1.04. The molecule has 1 aliphatic rings. The molecule has 6 nitrogen and oxygen atoms in total. The van der Waals surface area contributed by atoms with E-state index in [0.29, 0.717) is 12.4 Å². The van der Waals surface area contributed by atoms with Gasteiger partial charge in [0.25, 0.3) is 0 Å². The zero-order chi connectivity index (χ0) is 14.7. The third kappa shape index (κ3) is 2.91. The molecule has 108 valence electrons. The number of rotatable bonds is 6. The quantitative estimate of drug-likeness (QED) is 0.365. The number of fused-ring (bicyclic) bond motifs is 1. The second kappa shape index (κ2) is 6.19. The first-order valence-corrected chi connectivity index (χ1v) is 6.45. The summed E-state index contributed by atoms with van der Waals surface area (Å²) in [5, 5.41) is 20.4. The molecular weight excluding hydrogens is 268 g/mol. The van der Waals surface area contributed by atoms with Crippen molar-refractivity contribution in [2.24, 2.45) is 0 Å². The molecule has 1 atom stereocenters. The molecule has 2 rings (SSSR count). The summed E-state index contributed by atoms with van der Waals surface area (Å²) in [5.41, 5.74) is 0.177. The summed E-state index contributed by atoms with van der Waals surface area (Å²) in [6.07, 6.45) is 0.665. The SMILES string of the molecule is CCCCOc1ccc(F)c2c1B(O)OC2C[N+](=O)[O-]. The van der Waals surface area contributed by atoms with E-state index in [-0.39, 0.29) is 11.0 Å². The molecule has 8 heteroatoms. The first-order chi connectivity index (χ1) is 9.54. The highest BCUT2D eigenvalue weighted by Gasteiger charge is 2.42. The lowest BCUT2D eigenvalue weighted by atomic mass is 9.78. The lowest BCUT2D eigenvalue weighted by Gasteiger charge is -2.11. The van der Waals surface area contributed by atoms with Crippen LogP contribution in [-0.2, 0) is 4.65 Å². The molecule has 1 unspecified atom stereocenters. The Balaban J connectivity index is 2.31. The van der Waals surface area contributed by atoms with Gasteiger partial charge in [-0.3, -0.25) is 10.1 Å². The highest BCUT2D eigenvalue weighted by Crippen LogP contribution is 2.30. The number of hydrogen-bond acceptors (Lipinski definition) is 5. The van der Waals surface area contributed by atoms with Crippen LogP contribution in [0.2, 0.25) is 0 Å². The molecule has 0 aliphatic carbocycles. The van der Waals surface area contributed by atoms with Gasteiger partial charge >= 0.3 is 7.12 Å². The zero-order valence-corrected chi connectivity index (χ0v) is 11.0. The third-order valence-electron chi connectivity index (χ3n) is 3.13. The molecule has 0 radical (unpaired) electrons. The van der Waals surface area contributed by atoms with Crippen molar-refractivity contribution in [1.82, 2.24) is 0 Å². The van der Waals surface area contributed by atoms with Gasteiger partial charge in [0, 0.05) is 15.9 Å². The van der Waals surface area contributed by atoms with Crippen LogP contribution >= 0.6 is 0 Å². The minimum absolute atomic E-state index is 0.0169. The van der Waals surface area contributed by atoms with Crippen molar-refractivity contribution in [2.75, 3.05) is 13.2 Å². The van der Waals surface area contributed by atoms with Crippen LogP contribution < -0.4 is 10.2 Å². The molecule has 0 saturated carbocycles. The molecule has 1 aromatic rings. The Kier molecular flexibility index (Phi) is 4.56. The van der Waals surface area contributed by atoms with Crippen LogP contribution in [0.25, 0.3) is 0 Å². The molecule has 0 fully saturated rings. The molecule has 1 aliphatic heterocycles. The largest absolute Gasteiger partial charge is 0.496 e. The van der Waals surface area contributed by atoms with E-state index in [0.717, 1.165) is 12.8 Å². The maximum Gasteiger partial charge on any atom is 0.496 e. The van der Waals surface area contributed by atoms with Gasteiger partial charge in [-0.25, -0.2) is 4.39 Å². The van der Waals surface area contributed by atoms with E-state index in [1.54, 1.807) is 0 Å². The van der Waals surface area contributed by atoms with E-state index in [2.05, 4.69) is 0 Å². The number of ether oxygens (including phenoxy) is 1. The lowest BCUT2D eigenvalue weighted by Crippen LogP contribution is -2.30. The summed E-state index contributed by atoms with van der Waals surface area (Å²) in [7, 11) is -1.40. The number of unbranched alkanes of at least 4 members (excludes halogenated alkanes) is 1. The summed E-state index contributed by atoms with van der Waals surface area (Å²) in [6, 6.07) is 2.58. The maximum absolute atomic E-state index is 13.9. The number of nitrogens with zero attached hydrogens (tertiary/aromatic N) is 1. The van der Waals surface area contributed by atoms with Gasteiger partial charge < -0.3 is 14.4 Å². The normalized spacial score (nSPS) is 17.1. The predicted molar refractivity (Wildman–Crippen MR) is 70.1 cm³/mol. The Morgan fingerprint density at radius 3 is 3.00 bits per heavy atom. The highest BCUT2D eigenvalue weighted by molar-refractivity contribution is 6.62. The van der Waals surface area contributed by atoms with E-state index < -0.39 is 30.5 Å². The first-order valence-electron chi connectivity index (χ1n) is 6.45. The second-order valence-electron chi connectivity index (χ2n) is 4.57. The Hall–Kier alpha value is -1.67. The van der Waals surface area contributed by atoms with Crippen molar-refractivity contribution in [3.05, 3.63) is 33.6 Å². The van der Waals surface area contributed by atoms with Gasteiger partial charge in [0.1, 0.15) is 17.7 Å². The minimum atomic E-state index is -1.40. The average Bonchev–Trinajstić information content (AvgIpc) is 2.70. The van der Waals surface area contributed by atoms with Crippen LogP contribution in [0, 0.1) is 15.9 Å². The summed E-state index contributed by atoms with van der Waals surface area (Å²) < 4.78 is 24.4. The first kappa shape index (κ1) is 14.7. The Morgan fingerprint density at radius 2 is 2.35 bits per heavy atom. The fourth-order valence-corrected chi connectivity index (χ4v) is 2.19. The van der Waals surface area contributed by atoms with Crippen LogP contribution in [0.1, 0.15) is 31.4 Å². The molecule has 1 heterocycles. The van der Waals surface area contributed by atoms with Gasteiger partial charge in [-0.05, 0) is 18.6 Å². The molecule has 1 N–H and O–H groups in total. The zero-order valence-electron chi connectivity index (χ0n) is 11.0. The number of halogens is 1. The van der Waals surface area contributed by atoms with Gasteiger partial charge in [0.05, 0.1) is 6.61 Å². The van der Waals surface area contributed by atoms with Gasteiger partial charge in [-0.2, -0.15) is 0 Å². The van der Waals surface area contributed by atoms with Gasteiger partial charge in [0.2, 0.25) is 6.54 Å². The monoisotopic (exact) mass is 283 g/mol. The summed E-state index contributed by atoms with van der Waals surface area (Å²) >= 11 is 0. The van der Waals surface area contributed by atoms with Gasteiger partial charge in [0.15, 0.2) is 0 Å². The fraction of sp³-hybridized carbons (Fsp3) is 0.500. The number of benzene rings is 1. The summed E-state index contributed by atoms with van der Waals surface area (Å²) in [5.74, 6) is -0.320. The van der Waals surface area contributed by atoms with E-state index in [1.807, 2.05) is 6.92 Å². The lowest BCUT2D eigenvalue weighted by molar-refractivity contribution is -0.490. The highest BCUT2D eigenvalue weighted by atomic mass is 19.1. The average molecular weight is 283 g/mol. The van der Waals surface area contributed by atoms with Crippen molar-refractivity contribution >= 4 is 12.6 Å². The molecule has 0 aromatic heterocycles. The van der Waals surface area contributed by atoms with Crippen molar-refractivity contribution in [2.45, 2.75) is 25.9 Å². The molecule has 1 aromatic carbocycles. The Bertz CT molecular complexity index is 513. The molecule has 0 spiro atoms. The Labute approximate surface area is 115 Å². The summed E-state index contributed by atoms with van der Waals surface area (Å²) in [4.78, 5) is 9.97. The van der Waals surface area contributed by atoms with E-state index >= 15 is 0 Å². The smallest absolute Gasteiger partial charge is 0.494 e. The van der Waals surface area contributed by atoms with Crippen LogP contribution in [0.15, 0.2) is 12.1 Å². The number of nitro groups is 1. The summed E-state index contributed by atoms with van der Waals surface area (Å²) in [6.45, 7) is 1.84. The fourth-order valence-electron chi connectivity index (χ4n) is 2.19. The topological polar surface area (TPSA) is 81.8 Å². The van der Waals surface area contributed by atoms with Crippen molar-refractivity contribution in [3.63, 3.8) is 0 Å². The molecule has 0 bridgehead atoms. The third-order valence-corrected chi connectivity index (χ3v) is 3.13. The molecule has 0 amide bonds. The van der Waals surface area contributed by atoms with Crippen LogP contribution in [0.3, 0.4) is 0 Å². The molecular formula is C12H15BFNO5. The van der Waals surface area contributed by atoms with Crippen LogP contribution in [0.5, 0.6) is 5.75 Å². The standard InChI is InChI=1S/C12H15BFNO5/c1-2-3-6-19-9-5-4-8(14)11-10(7-15(17)18)20-13(16)12(9)11/h4-5,10,16H,2-3,6-7H2,1H3. The van der Waals surface area contributed by atoms with Crippen LogP contribution in [-0.4, -0.2) is 30.2 Å². The number of hydrogen-bond donors (Lipinski definition) is 1. The van der Waals surface area contributed by atoms with E-state index in [1.165, 1.54) is 12.1 Å². The van der Waals surface area contributed by atoms with Crippen molar-refractivity contribution < 1.29 is 23.7 Å². The second-order valence-corrected chi connectivity index (χ2v) is 4.57. The van der Waals surface area contributed by atoms with Gasteiger partial charge in [-0.1, -0.05) is 13.3 Å². The van der Waals surface area contributed by atoms with E-state index in [4.69, 9.17) is 9.39 Å². The molecule has 0 saturated heterocycles. The van der Waals surface area contributed by atoms with Crippen molar-refractivity contribution in [3.8, 4) is 5.75 Å². The Morgan fingerprint density at radius 1 is 1.60 bits per heavy atom.